The molecular formula is C38H38N4O10. The molecule has 0 radical (unpaired) electrons. The van der Waals surface area contributed by atoms with Crippen LogP contribution in [0.5, 0.6) is 17.2 Å². The fraction of sp³-hybridized carbons (Fsp3) is 0.289. The van der Waals surface area contributed by atoms with Crippen molar-refractivity contribution in [2.45, 2.75) is 18.9 Å². The van der Waals surface area contributed by atoms with Crippen molar-refractivity contribution in [3.05, 3.63) is 105 Å². The SMILES string of the molecule is COC(=O)c1cc(NC(=O)c2ccc(N3CC4CC(C3)c3cccc(=O)n3C4)c(NC(=O)c3cc(OC)c(OC)c(OC)c3)c2)cc(C(=O)OC)c1. The molecule has 1 aromatic heterocycles. The summed E-state index contributed by atoms with van der Waals surface area (Å²) >= 11 is 0. The summed E-state index contributed by atoms with van der Waals surface area (Å²) in [5.74, 6) is -1.32. The number of carbonyl (C=O) groups excluding carboxylic acids is 4. The van der Waals surface area contributed by atoms with Crippen molar-refractivity contribution in [1.82, 2.24) is 4.57 Å². The van der Waals surface area contributed by atoms with Gasteiger partial charge in [0.25, 0.3) is 17.4 Å². The number of benzene rings is 3. The molecule has 3 heterocycles. The number of pyridine rings is 1. The van der Waals surface area contributed by atoms with E-state index in [-0.39, 0.29) is 45.3 Å². The molecule has 0 saturated carbocycles. The van der Waals surface area contributed by atoms with E-state index in [1.54, 1.807) is 30.3 Å². The minimum absolute atomic E-state index is 0.0230. The molecule has 3 aromatic carbocycles. The van der Waals surface area contributed by atoms with Crippen LogP contribution in [-0.4, -0.2) is 77.0 Å². The van der Waals surface area contributed by atoms with Crippen LogP contribution >= 0.6 is 0 Å². The summed E-state index contributed by atoms with van der Waals surface area (Å²) in [5, 5.41) is 5.73. The van der Waals surface area contributed by atoms with E-state index < -0.39 is 23.8 Å². The Morgan fingerprint density at radius 2 is 1.33 bits per heavy atom. The zero-order chi connectivity index (χ0) is 37.1. The van der Waals surface area contributed by atoms with Gasteiger partial charge in [-0.05, 0) is 66.9 Å². The number of nitrogens with zero attached hydrogens (tertiary/aromatic N) is 2. The van der Waals surface area contributed by atoms with E-state index in [0.29, 0.717) is 48.3 Å². The third-order valence-corrected chi connectivity index (χ3v) is 9.29. The third kappa shape index (κ3) is 6.99. The molecule has 2 aliphatic rings. The topological polar surface area (TPSA) is 164 Å². The molecule has 2 bridgehead atoms. The van der Waals surface area contributed by atoms with Crippen molar-refractivity contribution in [2.75, 3.05) is 64.2 Å². The lowest BCUT2D eigenvalue weighted by molar-refractivity contribution is 0.0598. The third-order valence-electron chi connectivity index (χ3n) is 9.29. The van der Waals surface area contributed by atoms with Gasteiger partial charge in [0.2, 0.25) is 5.75 Å². The van der Waals surface area contributed by atoms with Gasteiger partial charge in [0.15, 0.2) is 11.5 Å². The molecule has 2 amide bonds. The van der Waals surface area contributed by atoms with Crippen LogP contribution in [0.25, 0.3) is 0 Å². The van der Waals surface area contributed by atoms with Gasteiger partial charge in [-0.25, -0.2) is 9.59 Å². The number of aromatic nitrogens is 1. The maximum Gasteiger partial charge on any atom is 0.337 e. The number of hydrogen-bond acceptors (Lipinski definition) is 11. The molecule has 14 heteroatoms. The second kappa shape index (κ2) is 14.9. The number of ether oxygens (including phenoxy) is 5. The Bertz CT molecular complexity index is 2070. The first-order valence-electron chi connectivity index (χ1n) is 16.4. The van der Waals surface area contributed by atoms with Crippen molar-refractivity contribution in [1.29, 1.82) is 0 Å². The number of nitrogens with one attached hydrogen (secondary N) is 2. The molecule has 14 nitrogen and oxygen atoms in total. The molecule has 2 aliphatic heterocycles. The first-order chi connectivity index (χ1) is 25.1. The van der Waals surface area contributed by atoms with E-state index in [0.717, 1.165) is 12.1 Å². The molecule has 4 aromatic rings. The Kier molecular flexibility index (Phi) is 10.2. The maximum atomic E-state index is 13.9. The van der Waals surface area contributed by atoms with Crippen LogP contribution in [-0.2, 0) is 16.0 Å². The van der Waals surface area contributed by atoms with Crippen molar-refractivity contribution in [3.63, 3.8) is 0 Å². The highest BCUT2D eigenvalue weighted by atomic mass is 16.5. The first kappa shape index (κ1) is 35.5. The monoisotopic (exact) mass is 710 g/mol. The van der Waals surface area contributed by atoms with E-state index in [1.807, 2.05) is 10.6 Å². The summed E-state index contributed by atoms with van der Waals surface area (Å²) in [6, 6.07) is 17.4. The number of amides is 2. The van der Waals surface area contributed by atoms with Crippen LogP contribution in [0, 0.1) is 5.92 Å². The molecule has 2 atom stereocenters. The first-order valence-corrected chi connectivity index (χ1v) is 16.4. The van der Waals surface area contributed by atoms with Gasteiger partial charge in [-0.1, -0.05) is 6.07 Å². The van der Waals surface area contributed by atoms with E-state index in [2.05, 4.69) is 15.5 Å². The van der Waals surface area contributed by atoms with E-state index in [4.69, 9.17) is 23.7 Å². The van der Waals surface area contributed by atoms with Gasteiger partial charge in [0.1, 0.15) is 0 Å². The highest BCUT2D eigenvalue weighted by molar-refractivity contribution is 6.10. The Balaban J connectivity index is 1.37. The highest BCUT2D eigenvalue weighted by Gasteiger charge is 2.35. The maximum absolute atomic E-state index is 13.9. The minimum atomic E-state index is -0.707. The van der Waals surface area contributed by atoms with Crippen LogP contribution in [0.4, 0.5) is 17.1 Å². The Morgan fingerprint density at radius 1 is 0.673 bits per heavy atom. The van der Waals surface area contributed by atoms with Gasteiger partial charge in [0.05, 0.1) is 58.1 Å². The second-order valence-corrected chi connectivity index (χ2v) is 12.4. The Morgan fingerprint density at radius 3 is 1.94 bits per heavy atom. The van der Waals surface area contributed by atoms with Crippen LogP contribution < -0.4 is 35.3 Å². The van der Waals surface area contributed by atoms with Gasteiger partial charge in [-0.2, -0.15) is 0 Å². The van der Waals surface area contributed by atoms with Crippen molar-refractivity contribution in [2.24, 2.45) is 5.92 Å². The van der Waals surface area contributed by atoms with Gasteiger partial charge < -0.3 is 43.8 Å². The normalized spacial score (nSPS) is 15.8. The smallest absolute Gasteiger partial charge is 0.337 e. The van der Waals surface area contributed by atoms with Crippen molar-refractivity contribution >= 4 is 40.8 Å². The predicted molar refractivity (Wildman–Crippen MR) is 191 cm³/mol. The Hall–Kier alpha value is -6.31. The van der Waals surface area contributed by atoms with Crippen LogP contribution in [0.1, 0.15) is 59.5 Å². The second-order valence-electron chi connectivity index (χ2n) is 12.4. The molecule has 52 heavy (non-hydrogen) atoms. The zero-order valence-corrected chi connectivity index (χ0v) is 29.3. The number of carbonyl (C=O) groups is 4. The van der Waals surface area contributed by atoms with Crippen molar-refractivity contribution < 1.29 is 42.9 Å². The lowest BCUT2D eigenvalue weighted by Crippen LogP contribution is -2.47. The summed E-state index contributed by atoms with van der Waals surface area (Å²) in [7, 11) is 6.78. The molecule has 6 rings (SSSR count). The fourth-order valence-corrected chi connectivity index (χ4v) is 6.93. The predicted octanol–water partition coefficient (Wildman–Crippen LogP) is 4.58. The molecule has 1 saturated heterocycles. The van der Waals surface area contributed by atoms with E-state index in [1.165, 1.54) is 65.9 Å². The van der Waals surface area contributed by atoms with Crippen LogP contribution in [0.2, 0.25) is 0 Å². The molecule has 2 N–H and O–H groups in total. The number of anilines is 3. The number of fused-ring (bicyclic) bond motifs is 4. The molecule has 2 unspecified atom stereocenters. The molecule has 0 aliphatic carbocycles. The highest BCUT2D eigenvalue weighted by Crippen LogP contribution is 2.41. The number of rotatable bonds is 10. The van der Waals surface area contributed by atoms with Crippen LogP contribution in [0.15, 0.2) is 71.5 Å². The van der Waals surface area contributed by atoms with Gasteiger partial charge >= 0.3 is 11.9 Å². The minimum Gasteiger partial charge on any atom is -0.493 e. The average molecular weight is 711 g/mol. The molecular weight excluding hydrogens is 672 g/mol. The van der Waals surface area contributed by atoms with Gasteiger partial charge in [0, 0.05) is 54.1 Å². The van der Waals surface area contributed by atoms with Gasteiger partial charge in [-0.3, -0.25) is 14.4 Å². The average Bonchev–Trinajstić information content (AvgIpc) is 3.16. The van der Waals surface area contributed by atoms with Crippen LogP contribution in [0.3, 0.4) is 0 Å². The van der Waals surface area contributed by atoms with Gasteiger partial charge in [-0.15, -0.1) is 0 Å². The fourth-order valence-electron chi connectivity index (χ4n) is 6.93. The summed E-state index contributed by atoms with van der Waals surface area (Å²) in [6.45, 7) is 1.77. The summed E-state index contributed by atoms with van der Waals surface area (Å²) in [4.78, 5) is 67.1. The largest absolute Gasteiger partial charge is 0.493 e. The number of piperidine rings is 1. The number of esters is 2. The van der Waals surface area contributed by atoms with E-state index >= 15 is 0 Å². The summed E-state index contributed by atoms with van der Waals surface area (Å²) in [6.07, 6.45) is 0.922. The summed E-state index contributed by atoms with van der Waals surface area (Å²) in [5.41, 5.74) is 2.60. The Labute approximate surface area is 299 Å². The number of methoxy groups -OCH3 is 5. The van der Waals surface area contributed by atoms with Crippen molar-refractivity contribution in [3.8, 4) is 17.2 Å². The molecule has 1 fully saturated rings. The molecule has 270 valence electrons. The summed E-state index contributed by atoms with van der Waals surface area (Å²) < 4.78 is 27.8. The standard InChI is InChI=1S/C38H38N4O10/c1-48-31-16-23(17-32(49-2)34(31)50-3)36(45)40-28-15-22(35(44)39-27-13-24(37(46)51-4)12-25(14-27)38(47)52-5)9-10-30(28)41-18-21-11-26(20-41)29-7-6-8-33(43)42(29)19-21/h6-10,12-17,21,26H,11,18-20H2,1-5H3,(H,39,44)(H,40,45). The quantitative estimate of drug-likeness (QED) is 0.222. The lowest BCUT2D eigenvalue weighted by atomic mass is 9.83. The lowest BCUT2D eigenvalue weighted by Gasteiger charge is -2.44. The molecule has 0 spiro atoms. The number of hydrogen-bond donors (Lipinski definition) is 2. The zero-order valence-electron chi connectivity index (χ0n) is 29.3. The van der Waals surface area contributed by atoms with E-state index in [9.17, 15) is 24.0 Å².